The Kier molecular flexibility index (Phi) is 3.97. The van der Waals surface area contributed by atoms with Gasteiger partial charge in [-0.1, -0.05) is 41.9 Å². The normalized spacial score (nSPS) is 11.7. The van der Waals surface area contributed by atoms with Crippen LogP contribution in [0.4, 0.5) is 0 Å². The first-order chi connectivity index (χ1) is 10.9. The van der Waals surface area contributed by atoms with Gasteiger partial charge in [0.2, 0.25) is 10.0 Å². The zero-order valence-corrected chi connectivity index (χ0v) is 13.7. The summed E-state index contributed by atoms with van der Waals surface area (Å²) in [5, 5.41) is 1.02. The Hall–Kier alpha value is -2.15. The van der Waals surface area contributed by atoms with Gasteiger partial charge in [-0.25, -0.2) is 13.1 Å². The molecule has 0 saturated carbocycles. The average molecular weight is 349 g/mol. The summed E-state index contributed by atoms with van der Waals surface area (Å²) in [5.74, 6) is 0. The maximum absolute atomic E-state index is 12.4. The Morgan fingerprint density at radius 1 is 1.09 bits per heavy atom. The van der Waals surface area contributed by atoms with Crippen molar-refractivity contribution in [1.29, 1.82) is 0 Å². The van der Waals surface area contributed by atoms with E-state index in [1.54, 1.807) is 42.5 Å². The SMILES string of the molecule is CNS(=O)(=O)c1c(-c2ccccc2)c2cc(Cl)ccc2[nH]c1=O. The van der Waals surface area contributed by atoms with Gasteiger partial charge < -0.3 is 4.98 Å². The lowest BCUT2D eigenvalue weighted by molar-refractivity contribution is 0.587. The van der Waals surface area contributed by atoms with Crippen molar-refractivity contribution in [3.8, 4) is 11.1 Å². The first kappa shape index (κ1) is 15.7. The highest BCUT2D eigenvalue weighted by Crippen LogP contribution is 2.32. The van der Waals surface area contributed by atoms with Gasteiger partial charge in [-0.2, -0.15) is 0 Å². The first-order valence-electron chi connectivity index (χ1n) is 6.78. The zero-order valence-electron chi connectivity index (χ0n) is 12.1. The third-order valence-electron chi connectivity index (χ3n) is 3.53. The van der Waals surface area contributed by atoms with Crippen LogP contribution in [-0.4, -0.2) is 20.4 Å². The van der Waals surface area contributed by atoms with Crippen molar-refractivity contribution in [2.45, 2.75) is 4.90 Å². The fraction of sp³-hybridized carbons (Fsp3) is 0.0625. The smallest absolute Gasteiger partial charge is 0.269 e. The summed E-state index contributed by atoms with van der Waals surface area (Å²) in [4.78, 5) is 14.7. The van der Waals surface area contributed by atoms with Crippen LogP contribution in [0.1, 0.15) is 0 Å². The van der Waals surface area contributed by atoms with Crippen molar-refractivity contribution < 1.29 is 8.42 Å². The number of hydrogen-bond acceptors (Lipinski definition) is 3. The van der Waals surface area contributed by atoms with E-state index in [2.05, 4.69) is 9.71 Å². The lowest BCUT2D eigenvalue weighted by atomic mass is 10.0. The van der Waals surface area contributed by atoms with Crippen LogP contribution in [0.25, 0.3) is 22.0 Å². The minimum Gasteiger partial charge on any atom is -0.321 e. The van der Waals surface area contributed by atoms with E-state index >= 15 is 0 Å². The Morgan fingerprint density at radius 3 is 2.43 bits per heavy atom. The summed E-state index contributed by atoms with van der Waals surface area (Å²) in [6.07, 6.45) is 0. The molecule has 3 rings (SSSR count). The van der Waals surface area contributed by atoms with E-state index in [1.165, 1.54) is 7.05 Å². The van der Waals surface area contributed by atoms with E-state index < -0.39 is 15.6 Å². The number of aromatic amines is 1. The van der Waals surface area contributed by atoms with Crippen LogP contribution in [0.5, 0.6) is 0 Å². The highest BCUT2D eigenvalue weighted by atomic mass is 35.5. The maximum atomic E-state index is 12.4. The molecule has 0 amide bonds. The summed E-state index contributed by atoms with van der Waals surface area (Å²) >= 11 is 6.06. The maximum Gasteiger partial charge on any atom is 0.269 e. The highest BCUT2D eigenvalue weighted by Gasteiger charge is 2.24. The Bertz CT molecular complexity index is 1040. The fourth-order valence-electron chi connectivity index (χ4n) is 2.50. The molecule has 0 aliphatic carbocycles. The molecule has 118 valence electrons. The van der Waals surface area contributed by atoms with Gasteiger partial charge in [0.05, 0.1) is 0 Å². The molecule has 0 aliphatic rings. The molecule has 5 nitrogen and oxygen atoms in total. The van der Waals surface area contributed by atoms with Crippen molar-refractivity contribution in [2.75, 3.05) is 7.05 Å². The molecule has 0 radical (unpaired) electrons. The van der Waals surface area contributed by atoms with Crippen molar-refractivity contribution in [3.05, 3.63) is 63.9 Å². The number of fused-ring (bicyclic) bond motifs is 1. The van der Waals surface area contributed by atoms with E-state index in [0.29, 0.717) is 27.1 Å². The van der Waals surface area contributed by atoms with Crippen molar-refractivity contribution >= 4 is 32.5 Å². The number of rotatable bonds is 3. The van der Waals surface area contributed by atoms with Gasteiger partial charge in [0, 0.05) is 21.5 Å². The average Bonchev–Trinajstić information content (AvgIpc) is 2.54. The molecule has 0 fully saturated rings. The lowest BCUT2D eigenvalue weighted by Crippen LogP contribution is -2.27. The van der Waals surface area contributed by atoms with Gasteiger partial charge in [-0.3, -0.25) is 4.79 Å². The van der Waals surface area contributed by atoms with E-state index in [9.17, 15) is 13.2 Å². The molecular weight excluding hydrogens is 336 g/mol. The zero-order chi connectivity index (χ0) is 16.6. The monoisotopic (exact) mass is 348 g/mol. The van der Waals surface area contributed by atoms with Crippen molar-refractivity contribution in [2.24, 2.45) is 0 Å². The van der Waals surface area contributed by atoms with Gasteiger partial charge in [0.1, 0.15) is 0 Å². The molecule has 0 spiro atoms. The molecule has 1 heterocycles. The minimum atomic E-state index is -3.95. The van der Waals surface area contributed by atoms with E-state index in [-0.39, 0.29) is 4.90 Å². The lowest BCUT2D eigenvalue weighted by Gasteiger charge is -2.13. The molecule has 1 aromatic heterocycles. The second kappa shape index (κ2) is 5.81. The summed E-state index contributed by atoms with van der Waals surface area (Å²) in [7, 11) is -2.68. The predicted molar refractivity (Wildman–Crippen MR) is 91.3 cm³/mol. The number of benzene rings is 2. The molecular formula is C16H13ClN2O3S. The summed E-state index contributed by atoms with van der Waals surface area (Å²) in [5.41, 5.74) is 0.808. The van der Waals surface area contributed by atoms with Crippen LogP contribution in [-0.2, 0) is 10.0 Å². The quantitative estimate of drug-likeness (QED) is 0.763. The summed E-state index contributed by atoms with van der Waals surface area (Å²) in [6, 6.07) is 13.8. The number of H-pyrrole nitrogens is 1. The van der Waals surface area contributed by atoms with Crippen molar-refractivity contribution in [3.63, 3.8) is 0 Å². The largest absolute Gasteiger partial charge is 0.321 e. The molecule has 0 aliphatic heterocycles. The number of hydrogen-bond donors (Lipinski definition) is 2. The predicted octanol–water partition coefficient (Wildman–Crippen LogP) is 2.76. The molecule has 7 heteroatoms. The Labute approximate surface area is 138 Å². The highest BCUT2D eigenvalue weighted by molar-refractivity contribution is 7.89. The van der Waals surface area contributed by atoms with Gasteiger partial charge in [-0.15, -0.1) is 0 Å². The van der Waals surface area contributed by atoms with Crippen LogP contribution in [0.3, 0.4) is 0 Å². The number of nitrogens with one attached hydrogen (secondary N) is 2. The van der Waals surface area contributed by atoms with E-state index in [1.807, 2.05) is 6.07 Å². The topological polar surface area (TPSA) is 79.0 Å². The number of sulfonamides is 1. The fourth-order valence-corrected chi connectivity index (χ4v) is 3.66. The first-order valence-corrected chi connectivity index (χ1v) is 8.64. The van der Waals surface area contributed by atoms with Crippen LogP contribution >= 0.6 is 11.6 Å². The molecule has 23 heavy (non-hydrogen) atoms. The van der Waals surface area contributed by atoms with Crippen molar-refractivity contribution in [1.82, 2.24) is 9.71 Å². The van der Waals surface area contributed by atoms with Gasteiger partial charge >= 0.3 is 0 Å². The third kappa shape index (κ3) is 2.76. The standard InChI is InChI=1S/C16H13ClN2O3S/c1-18-23(21,22)15-14(10-5-3-2-4-6-10)12-9-11(17)7-8-13(12)19-16(15)20/h2-9,18H,1H3,(H,19,20). The van der Waals surface area contributed by atoms with Gasteiger partial charge in [0.25, 0.3) is 5.56 Å². The molecule has 0 unspecified atom stereocenters. The van der Waals surface area contributed by atoms with Crippen LogP contribution in [0, 0.1) is 0 Å². The second-order valence-electron chi connectivity index (χ2n) is 4.92. The number of aromatic nitrogens is 1. The van der Waals surface area contributed by atoms with Crippen LogP contribution in [0.15, 0.2) is 58.2 Å². The molecule has 2 aromatic carbocycles. The van der Waals surface area contributed by atoms with E-state index in [4.69, 9.17) is 11.6 Å². The van der Waals surface area contributed by atoms with Gasteiger partial charge in [0.15, 0.2) is 4.90 Å². The molecule has 2 N–H and O–H groups in total. The number of pyridine rings is 1. The minimum absolute atomic E-state index is 0.319. The number of halogens is 1. The third-order valence-corrected chi connectivity index (χ3v) is 5.23. The Morgan fingerprint density at radius 2 is 1.78 bits per heavy atom. The van der Waals surface area contributed by atoms with Crippen LogP contribution in [0.2, 0.25) is 5.02 Å². The molecule has 0 atom stereocenters. The van der Waals surface area contributed by atoms with Gasteiger partial charge in [-0.05, 0) is 30.8 Å². The molecule has 0 bridgehead atoms. The summed E-state index contributed by atoms with van der Waals surface area (Å²) < 4.78 is 27.0. The summed E-state index contributed by atoms with van der Waals surface area (Å²) in [6.45, 7) is 0. The second-order valence-corrected chi connectivity index (χ2v) is 7.18. The molecule has 3 aromatic rings. The Balaban J connectivity index is 2.57. The van der Waals surface area contributed by atoms with Crippen LogP contribution < -0.4 is 10.3 Å². The molecule has 0 saturated heterocycles. The van der Waals surface area contributed by atoms with E-state index in [0.717, 1.165) is 0 Å².